The summed E-state index contributed by atoms with van der Waals surface area (Å²) in [6.45, 7) is 8.61. The lowest BCUT2D eigenvalue weighted by molar-refractivity contribution is 0.200. The largest absolute Gasteiger partial charge is 0.365 e. The summed E-state index contributed by atoms with van der Waals surface area (Å²) < 4.78 is 0. The Morgan fingerprint density at radius 3 is 2.46 bits per heavy atom. The lowest BCUT2D eigenvalue weighted by atomic mass is 10.1. The average Bonchev–Trinajstić information content (AvgIpc) is 2.56. The number of hydrogen-bond donors (Lipinski definition) is 1. The maximum atomic E-state index is 12.5. The van der Waals surface area contributed by atoms with Gasteiger partial charge in [-0.25, -0.2) is 4.79 Å². The summed E-state index contributed by atoms with van der Waals surface area (Å²) >= 11 is 0. The minimum atomic E-state index is -0.0176. The van der Waals surface area contributed by atoms with Crippen molar-refractivity contribution in [2.45, 2.75) is 26.8 Å². The highest BCUT2D eigenvalue weighted by molar-refractivity contribution is 5.89. The lowest BCUT2D eigenvalue weighted by Gasteiger charge is -2.41. The van der Waals surface area contributed by atoms with Crippen LogP contribution in [0, 0.1) is 13.8 Å². The van der Waals surface area contributed by atoms with Crippen LogP contribution < -0.4 is 10.2 Å². The van der Waals surface area contributed by atoms with Crippen LogP contribution in [-0.2, 0) is 0 Å². The molecule has 1 aliphatic rings. The fraction of sp³-hybridized carbons (Fsp3) is 0.350. The standard InChI is InChI=1S/C20H25N3O/c1-15-7-9-19(10-8-15)23-12-11-22(14-17(23)3)20(24)21-18-6-4-5-16(2)13-18/h4-10,13,17H,11-12,14H2,1-3H3,(H,21,24). The van der Waals surface area contributed by atoms with E-state index in [0.29, 0.717) is 6.04 Å². The molecule has 1 heterocycles. The number of nitrogens with one attached hydrogen (secondary N) is 1. The van der Waals surface area contributed by atoms with E-state index in [4.69, 9.17) is 0 Å². The topological polar surface area (TPSA) is 35.6 Å². The average molecular weight is 323 g/mol. The van der Waals surface area contributed by atoms with E-state index < -0.39 is 0 Å². The molecule has 3 rings (SSSR count). The molecular formula is C20H25N3O. The Bertz CT molecular complexity index is 711. The monoisotopic (exact) mass is 323 g/mol. The molecule has 2 amide bonds. The molecule has 1 atom stereocenters. The molecule has 2 aromatic carbocycles. The molecule has 2 aromatic rings. The van der Waals surface area contributed by atoms with Crippen LogP contribution in [0.2, 0.25) is 0 Å². The van der Waals surface area contributed by atoms with Gasteiger partial charge in [-0.15, -0.1) is 0 Å². The van der Waals surface area contributed by atoms with Crippen molar-refractivity contribution in [3.63, 3.8) is 0 Å². The van der Waals surface area contributed by atoms with Gasteiger partial charge >= 0.3 is 6.03 Å². The van der Waals surface area contributed by atoms with Gasteiger partial charge in [-0.1, -0.05) is 29.8 Å². The van der Waals surface area contributed by atoms with Gasteiger partial charge in [0, 0.05) is 37.1 Å². The van der Waals surface area contributed by atoms with Crippen LogP contribution in [0.15, 0.2) is 48.5 Å². The molecule has 0 aliphatic carbocycles. The summed E-state index contributed by atoms with van der Waals surface area (Å²) in [5.74, 6) is 0. The van der Waals surface area contributed by atoms with Gasteiger partial charge in [0.15, 0.2) is 0 Å². The zero-order chi connectivity index (χ0) is 17.1. The van der Waals surface area contributed by atoms with Gasteiger partial charge in [-0.3, -0.25) is 0 Å². The summed E-state index contributed by atoms with van der Waals surface area (Å²) in [5.41, 5.74) is 4.49. The molecule has 1 aliphatic heterocycles. The third kappa shape index (κ3) is 3.70. The number of carbonyl (C=O) groups excluding carboxylic acids is 1. The van der Waals surface area contributed by atoms with Crippen LogP contribution >= 0.6 is 0 Å². The first-order valence-corrected chi connectivity index (χ1v) is 8.49. The molecule has 1 unspecified atom stereocenters. The van der Waals surface area contributed by atoms with Crippen LogP contribution in [0.1, 0.15) is 18.1 Å². The van der Waals surface area contributed by atoms with Crippen LogP contribution in [-0.4, -0.2) is 36.6 Å². The van der Waals surface area contributed by atoms with Gasteiger partial charge in [0.25, 0.3) is 0 Å². The van der Waals surface area contributed by atoms with E-state index in [-0.39, 0.29) is 6.03 Å². The highest BCUT2D eigenvalue weighted by atomic mass is 16.2. The summed E-state index contributed by atoms with van der Waals surface area (Å²) in [6, 6.07) is 16.8. The van der Waals surface area contributed by atoms with Crippen LogP contribution in [0.5, 0.6) is 0 Å². The van der Waals surface area contributed by atoms with Gasteiger partial charge < -0.3 is 15.1 Å². The van der Waals surface area contributed by atoms with Crippen molar-refractivity contribution in [2.75, 3.05) is 29.9 Å². The zero-order valence-corrected chi connectivity index (χ0v) is 14.6. The third-order valence-electron chi connectivity index (χ3n) is 4.55. The number of benzene rings is 2. The van der Waals surface area contributed by atoms with Crippen LogP contribution in [0.25, 0.3) is 0 Å². The number of nitrogens with zero attached hydrogens (tertiary/aromatic N) is 2. The number of hydrogen-bond acceptors (Lipinski definition) is 2. The molecule has 0 saturated carbocycles. The first-order valence-electron chi connectivity index (χ1n) is 8.49. The Morgan fingerprint density at radius 1 is 1.04 bits per heavy atom. The van der Waals surface area contributed by atoms with E-state index in [1.165, 1.54) is 11.3 Å². The summed E-state index contributed by atoms with van der Waals surface area (Å²) in [6.07, 6.45) is 0. The fourth-order valence-electron chi connectivity index (χ4n) is 3.19. The summed E-state index contributed by atoms with van der Waals surface area (Å²) in [5, 5.41) is 3.00. The van der Waals surface area contributed by atoms with Gasteiger partial charge in [0.05, 0.1) is 0 Å². The predicted molar refractivity (Wildman–Crippen MR) is 99.8 cm³/mol. The Balaban J connectivity index is 1.62. The molecular weight excluding hydrogens is 298 g/mol. The molecule has 0 radical (unpaired) electrons. The molecule has 4 nitrogen and oxygen atoms in total. The Hall–Kier alpha value is -2.49. The number of urea groups is 1. The van der Waals surface area contributed by atoms with Crippen molar-refractivity contribution in [3.05, 3.63) is 59.7 Å². The highest BCUT2D eigenvalue weighted by Gasteiger charge is 2.26. The second kappa shape index (κ2) is 6.95. The molecule has 24 heavy (non-hydrogen) atoms. The first-order chi connectivity index (χ1) is 11.5. The molecule has 1 saturated heterocycles. The zero-order valence-electron chi connectivity index (χ0n) is 14.6. The fourth-order valence-corrected chi connectivity index (χ4v) is 3.19. The van der Waals surface area contributed by atoms with Gasteiger partial charge in [-0.05, 0) is 50.6 Å². The smallest absolute Gasteiger partial charge is 0.321 e. The summed E-state index contributed by atoms with van der Waals surface area (Å²) in [7, 11) is 0. The second-order valence-corrected chi connectivity index (χ2v) is 6.62. The van der Waals surface area contributed by atoms with Gasteiger partial charge in [0.1, 0.15) is 0 Å². The Labute approximate surface area is 144 Å². The van der Waals surface area contributed by atoms with Crippen molar-refractivity contribution in [1.29, 1.82) is 0 Å². The van der Waals surface area contributed by atoms with E-state index in [0.717, 1.165) is 30.9 Å². The number of anilines is 2. The number of carbonyl (C=O) groups is 1. The predicted octanol–water partition coefficient (Wildman–Crippen LogP) is 4.05. The molecule has 0 bridgehead atoms. The van der Waals surface area contributed by atoms with Crippen molar-refractivity contribution >= 4 is 17.4 Å². The number of rotatable bonds is 2. The van der Waals surface area contributed by atoms with Crippen molar-refractivity contribution in [3.8, 4) is 0 Å². The first kappa shape index (κ1) is 16.4. The Kier molecular flexibility index (Phi) is 4.74. The highest BCUT2D eigenvalue weighted by Crippen LogP contribution is 2.21. The number of amides is 2. The van der Waals surface area contributed by atoms with Gasteiger partial charge in [-0.2, -0.15) is 0 Å². The van der Waals surface area contributed by atoms with Gasteiger partial charge in [0.2, 0.25) is 0 Å². The molecule has 0 spiro atoms. The molecule has 4 heteroatoms. The van der Waals surface area contributed by atoms with E-state index >= 15 is 0 Å². The second-order valence-electron chi connectivity index (χ2n) is 6.62. The Morgan fingerprint density at radius 2 is 1.79 bits per heavy atom. The van der Waals surface area contributed by atoms with E-state index in [1.54, 1.807) is 0 Å². The molecule has 126 valence electrons. The van der Waals surface area contributed by atoms with E-state index in [1.807, 2.05) is 36.1 Å². The normalized spacial score (nSPS) is 17.7. The molecule has 1 fully saturated rings. The minimum Gasteiger partial charge on any atom is -0.365 e. The van der Waals surface area contributed by atoms with E-state index in [2.05, 4.69) is 48.3 Å². The van der Waals surface area contributed by atoms with Crippen molar-refractivity contribution in [1.82, 2.24) is 4.90 Å². The maximum Gasteiger partial charge on any atom is 0.321 e. The lowest BCUT2D eigenvalue weighted by Crippen LogP contribution is -2.54. The SMILES string of the molecule is Cc1ccc(N2CCN(C(=O)Nc3cccc(C)c3)CC2C)cc1. The van der Waals surface area contributed by atoms with E-state index in [9.17, 15) is 4.79 Å². The minimum absolute atomic E-state index is 0.0176. The van der Waals surface area contributed by atoms with Crippen molar-refractivity contribution in [2.24, 2.45) is 0 Å². The number of aryl methyl sites for hydroxylation is 2. The van der Waals surface area contributed by atoms with Crippen LogP contribution in [0.3, 0.4) is 0 Å². The maximum absolute atomic E-state index is 12.5. The summed E-state index contributed by atoms with van der Waals surface area (Å²) in [4.78, 5) is 16.8. The third-order valence-corrected chi connectivity index (χ3v) is 4.55. The number of piperazine rings is 1. The molecule has 1 N–H and O–H groups in total. The van der Waals surface area contributed by atoms with Crippen LogP contribution in [0.4, 0.5) is 16.2 Å². The van der Waals surface area contributed by atoms with Crippen molar-refractivity contribution < 1.29 is 4.79 Å². The molecule has 0 aromatic heterocycles. The quantitative estimate of drug-likeness (QED) is 0.905.